The summed E-state index contributed by atoms with van der Waals surface area (Å²) in [6.45, 7) is 0.218. The number of fused-ring (bicyclic) bond motifs is 2. The van der Waals surface area contributed by atoms with E-state index >= 15 is 0 Å². The summed E-state index contributed by atoms with van der Waals surface area (Å²) in [7, 11) is 1.74. The summed E-state index contributed by atoms with van der Waals surface area (Å²) in [5.41, 5.74) is 0.764. The number of rotatable bonds is 2. The summed E-state index contributed by atoms with van der Waals surface area (Å²) in [5, 5.41) is 7.13. The molecule has 2 amide bonds. The molecule has 0 saturated carbocycles. The fourth-order valence-corrected chi connectivity index (χ4v) is 4.77. The Morgan fingerprint density at radius 2 is 2.03 bits per heavy atom. The molecule has 2 aliphatic rings. The van der Waals surface area contributed by atoms with E-state index in [9.17, 15) is 18.4 Å². The van der Waals surface area contributed by atoms with Gasteiger partial charge in [0.15, 0.2) is 0 Å². The molecule has 1 fully saturated rings. The van der Waals surface area contributed by atoms with E-state index in [-0.39, 0.29) is 18.0 Å². The van der Waals surface area contributed by atoms with Crippen LogP contribution in [-0.2, 0) is 17.3 Å². The number of nitrogens with one attached hydrogen (secondary N) is 1. The lowest BCUT2D eigenvalue weighted by Crippen LogP contribution is -2.42. The van der Waals surface area contributed by atoms with Crippen molar-refractivity contribution < 1.29 is 18.4 Å². The molecule has 1 spiro atoms. The van der Waals surface area contributed by atoms with Crippen LogP contribution in [0.2, 0.25) is 0 Å². The van der Waals surface area contributed by atoms with Crippen LogP contribution in [0.4, 0.5) is 14.5 Å². The molecule has 2 aliphatic heterocycles. The molecule has 1 saturated heterocycles. The molecule has 1 aromatic heterocycles. The molecule has 0 bridgehead atoms. The highest BCUT2D eigenvalue weighted by atomic mass is 19.1. The Kier molecular flexibility index (Phi) is 3.99. The van der Waals surface area contributed by atoms with Gasteiger partial charge in [-0.15, -0.1) is 0 Å². The van der Waals surface area contributed by atoms with Crippen molar-refractivity contribution >= 4 is 17.5 Å². The predicted molar refractivity (Wildman–Crippen MR) is 105 cm³/mol. The number of para-hydroxylation sites is 1. The minimum Gasteiger partial charge on any atom is -0.330 e. The van der Waals surface area contributed by atoms with Crippen LogP contribution >= 0.6 is 0 Å². The van der Waals surface area contributed by atoms with Crippen LogP contribution in [0.1, 0.15) is 33.9 Å². The van der Waals surface area contributed by atoms with Crippen molar-refractivity contribution in [2.75, 3.05) is 11.9 Å². The van der Waals surface area contributed by atoms with Gasteiger partial charge in [-0.1, -0.05) is 18.2 Å². The quantitative estimate of drug-likeness (QED) is 0.708. The van der Waals surface area contributed by atoms with Gasteiger partial charge in [0, 0.05) is 31.0 Å². The van der Waals surface area contributed by atoms with Crippen molar-refractivity contribution in [1.82, 2.24) is 14.7 Å². The van der Waals surface area contributed by atoms with Gasteiger partial charge in [-0.25, -0.2) is 8.78 Å². The van der Waals surface area contributed by atoms with Gasteiger partial charge in [0.05, 0.1) is 17.8 Å². The number of nitrogens with zero attached hydrogens (tertiary/aromatic N) is 3. The number of amides is 2. The monoisotopic (exact) mass is 408 g/mol. The third-order valence-electron chi connectivity index (χ3n) is 6.05. The number of anilines is 1. The number of hydrogen-bond donors (Lipinski definition) is 1. The van der Waals surface area contributed by atoms with E-state index in [0.29, 0.717) is 17.7 Å². The van der Waals surface area contributed by atoms with Gasteiger partial charge in [-0.3, -0.25) is 14.3 Å². The summed E-state index contributed by atoms with van der Waals surface area (Å²) in [4.78, 5) is 28.0. The minimum absolute atomic E-state index is 0.215. The summed E-state index contributed by atoms with van der Waals surface area (Å²) in [5.74, 6) is -2.37. The third kappa shape index (κ3) is 2.49. The largest absolute Gasteiger partial charge is 0.330 e. The molecule has 5 rings (SSSR count). The lowest BCUT2D eigenvalue weighted by atomic mass is 9.73. The number of benzene rings is 2. The Balaban J connectivity index is 1.68. The second-order valence-corrected chi connectivity index (χ2v) is 7.69. The van der Waals surface area contributed by atoms with Crippen molar-refractivity contribution in [1.29, 1.82) is 0 Å². The number of halogens is 2. The first-order valence-electron chi connectivity index (χ1n) is 9.57. The summed E-state index contributed by atoms with van der Waals surface area (Å²) >= 11 is 0. The zero-order valence-corrected chi connectivity index (χ0v) is 16.1. The van der Waals surface area contributed by atoms with E-state index in [1.165, 1.54) is 4.90 Å². The van der Waals surface area contributed by atoms with Crippen LogP contribution in [0.15, 0.2) is 54.9 Å². The maximum atomic E-state index is 14.4. The fourth-order valence-electron chi connectivity index (χ4n) is 4.77. The SMILES string of the molecule is Cn1cc(C2N(C(=O)c3cc(F)ccc3F)CCC23C(=O)Nc2ccccc23)cn1. The molecule has 3 aromatic rings. The van der Waals surface area contributed by atoms with Gasteiger partial charge >= 0.3 is 0 Å². The van der Waals surface area contributed by atoms with Crippen molar-refractivity contribution in [3.63, 3.8) is 0 Å². The predicted octanol–water partition coefficient (Wildman–Crippen LogP) is 3.18. The first kappa shape index (κ1) is 18.5. The molecular weight excluding hydrogens is 390 g/mol. The zero-order chi connectivity index (χ0) is 21.0. The normalized spacial score (nSPS) is 22.4. The highest BCUT2D eigenvalue weighted by Gasteiger charge is 2.59. The third-order valence-corrected chi connectivity index (χ3v) is 6.05. The molecule has 30 heavy (non-hydrogen) atoms. The van der Waals surface area contributed by atoms with E-state index in [2.05, 4.69) is 10.4 Å². The molecule has 2 atom stereocenters. The van der Waals surface area contributed by atoms with Crippen molar-refractivity contribution in [2.24, 2.45) is 7.05 Å². The van der Waals surface area contributed by atoms with Crippen LogP contribution in [0.3, 0.4) is 0 Å². The molecule has 0 radical (unpaired) electrons. The summed E-state index contributed by atoms with van der Waals surface area (Å²) < 4.78 is 29.7. The Labute approximate surface area is 171 Å². The fraction of sp³-hybridized carbons (Fsp3) is 0.227. The number of carbonyl (C=O) groups is 2. The van der Waals surface area contributed by atoms with Crippen molar-refractivity contribution in [2.45, 2.75) is 17.9 Å². The maximum absolute atomic E-state index is 14.4. The standard InChI is InChI=1S/C22H18F2N4O2/c1-27-12-13(11-25-27)19-22(16-4-2-3-5-18(16)26-21(22)30)8-9-28(19)20(29)15-10-14(23)6-7-17(15)24/h2-7,10-12,19H,8-9H2,1H3,(H,26,30). The summed E-state index contributed by atoms with van der Waals surface area (Å²) in [6, 6.07) is 9.46. The lowest BCUT2D eigenvalue weighted by Gasteiger charge is -2.33. The zero-order valence-electron chi connectivity index (χ0n) is 16.1. The molecule has 8 heteroatoms. The number of carbonyl (C=O) groups excluding carboxylic acids is 2. The number of aromatic nitrogens is 2. The van der Waals surface area contributed by atoms with Gasteiger partial charge in [0.1, 0.15) is 17.0 Å². The Morgan fingerprint density at radius 1 is 1.23 bits per heavy atom. The van der Waals surface area contributed by atoms with E-state index < -0.39 is 29.0 Å². The van der Waals surface area contributed by atoms with Crippen molar-refractivity contribution in [3.05, 3.63) is 83.2 Å². The van der Waals surface area contributed by atoms with Crippen LogP contribution < -0.4 is 5.32 Å². The molecule has 2 unspecified atom stereocenters. The van der Waals surface area contributed by atoms with E-state index in [4.69, 9.17) is 0 Å². The van der Waals surface area contributed by atoms with Crippen LogP contribution in [0.5, 0.6) is 0 Å². The second kappa shape index (κ2) is 6.48. The average molecular weight is 408 g/mol. The second-order valence-electron chi connectivity index (χ2n) is 7.69. The van der Waals surface area contributed by atoms with Crippen LogP contribution in [0, 0.1) is 11.6 Å². The van der Waals surface area contributed by atoms with Gasteiger partial charge in [-0.2, -0.15) is 5.10 Å². The topological polar surface area (TPSA) is 67.2 Å². The number of likely N-dealkylation sites (tertiary alicyclic amines) is 1. The van der Waals surface area contributed by atoms with Crippen LogP contribution in [-0.4, -0.2) is 33.0 Å². The van der Waals surface area contributed by atoms with E-state index in [1.54, 1.807) is 24.1 Å². The number of aryl methyl sites for hydroxylation is 1. The minimum atomic E-state index is -1.03. The first-order chi connectivity index (χ1) is 14.4. The molecule has 3 heterocycles. The molecule has 0 aliphatic carbocycles. The van der Waals surface area contributed by atoms with Crippen molar-refractivity contribution in [3.8, 4) is 0 Å². The number of hydrogen-bond acceptors (Lipinski definition) is 3. The van der Waals surface area contributed by atoms with E-state index in [0.717, 1.165) is 23.8 Å². The average Bonchev–Trinajstić information content (AvgIpc) is 3.40. The molecule has 1 N–H and O–H groups in total. The van der Waals surface area contributed by atoms with Gasteiger partial charge in [-0.05, 0) is 36.2 Å². The van der Waals surface area contributed by atoms with Gasteiger partial charge in [0.2, 0.25) is 5.91 Å². The molecular formula is C22H18F2N4O2. The van der Waals surface area contributed by atoms with Gasteiger partial charge < -0.3 is 10.2 Å². The van der Waals surface area contributed by atoms with Crippen LogP contribution in [0.25, 0.3) is 0 Å². The Bertz CT molecular complexity index is 1190. The molecule has 6 nitrogen and oxygen atoms in total. The first-order valence-corrected chi connectivity index (χ1v) is 9.57. The smallest absolute Gasteiger partial charge is 0.257 e. The van der Waals surface area contributed by atoms with Gasteiger partial charge in [0.25, 0.3) is 5.91 Å². The Hall–Kier alpha value is -3.55. The van der Waals surface area contributed by atoms with E-state index in [1.807, 2.05) is 24.3 Å². The Morgan fingerprint density at radius 3 is 2.80 bits per heavy atom. The maximum Gasteiger partial charge on any atom is 0.257 e. The highest BCUT2D eigenvalue weighted by molar-refractivity contribution is 6.08. The summed E-state index contributed by atoms with van der Waals surface area (Å²) in [6.07, 6.45) is 3.71. The molecule has 152 valence electrons. The highest BCUT2D eigenvalue weighted by Crippen LogP contribution is 2.54. The lowest BCUT2D eigenvalue weighted by molar-refractivity contribution is -0.121. The molecule has 2 aromatic carbocycles.